The van der Waals surface area contributed by atoms with Crippen molar-refractivity contribution in [1.29, 1.82) is 0 Å². The largest absolute Gasteiger partial charge is 0.340 e. The molecule has 0 aliphatic carbocycles. The second-order valence-electron chi connectivity index (χ2n) is 7.34. The van der Waals surface area contributed by atoms with Crippen molar-refractivity contribution in [1.82, 2.24) is 24.3 Å². The smallest absolute Gasteiger partial charge is 0.242 e. The number of amides is 2. The summed E-state index contributed by atoms with van der Waals surface area (Å²) in [5.41, 5.74) is 2.88. The number of rotatable bonds is 5. The predicted octanol–water partition coefficient (Wildman–Crippen LogP) is 2.11. The topological polar surface area (TPSA) is 71.3 Å². The van der Waals surface area contributed by atoms with Crippen molar-refractivity contribution in [3.8, 4) is 0 Å². The number of nitrogens with zero attached hydrogens (tertiary/aromatic N) is 5. The van der Waals surface area contributed by atoms with Gasteiger partial charge in [-0.3, -0.25) is 9.59 Å². The lowest BCUT2D eigenvalue weighted by molar-refractivity contribution is -0.142. The lowest BCUT2D eigenvalue weighted by atomic mass is 9.97. The van der Waals surface area contributed by atoms with Crippen LogP contribution in [0.15, 0.2) is 23.3 Å². The molecule has 0 radical (unpaired) electrons. The summed E-state index contributed by atoms with van der Waals surface area (Å²) in [6, 6.07) is 0. The van der Waals surface area contributed by atoms with Crippen molar-refractivity contribution in [3.63, 3.8) is 0 Å². The van der Waals surface area contributed by atoms with Gasteiger partial charge in [0.1, 0.15) is 5.82 Å². The molecule has 0 saturated carbocycles. The van der Waals surface area contributed by atoms with E-state index >= 15 is 0 Å². The molecule has 2 aliphatic heterocycles. The van der Waals surface area contributed by atoms with Crippen LogP contribution in [0.2, 0.25) is 0 Å². The van der Waals surface area contributed by atoms with E-state index in [1.165, 1.54) is 0 Å². The minimum absolute atomic E-state index is 0.0626. The van der Waals surface area contributed by atoms with Crippen molar-refractivity contribution < 1.29 is 9.59 Å². The lowest BCUT2D eigenvalue weighted by Gasteiger charge is -2.35. The maximum atomic E-state index is 12.8. The highest BCUT2D eigenvalue weighted by Gasteiger charge is 2.29. The van der Waals surface area contributed by atoms with Gasteiger partial charge < -0.3 is 14.4 Å². The van der Waals surface area contributed by atoms with Crippen molar-refractivity contribution >= 4 is 23.2 Å². The first-order valence-corrected chi connectivity index (χ1v) is 10.6. The van der Waals surface area contributed by atoms with Gasteiger partial charge in [0.2, 0.25) is 11.8 Å². The zero-order valence-electron chi connectivity index (χ0n) is 15.4. The Bertz CT molecular complexity index is 788. The van der Waals surface area contributed by atoms with Crippen molar-refractivity contribution in [2.45, 2.75) is 44.6 Å². The minimum atomic E-state index is 0.0626. The van der Waals surface area contributed by atoms with Crippen LogP contribution in [0, 0.1) is 0 Å². The van der Waals surface area contributed by atoms with Gasteiger partial charge in [0.05, 0.1) is 24.3 Å². The zero-order valence-corrected chi connectivity index (χ0v) is 16.2. The zero-order chi connectivity index (χ0) is 18.6. The van der Waals surface area contributed by atoms with Crippen LogP contribution in [0.3, 0.4) is 0 Å². The number of imidazole rings is 1. The molecule has 1 atom stereocenters. The lowest BCUT2D eigenvalue weighted by Crippen LogP contribution is -2.47. The number of likely N-dealkylation sites (tertiary alicyclic amines) is 2. The molecule has 27 heavy (non-hydrogen) atoms. The maximum absolute atomic E-state index is 12.8. The second kappa shape index (κ2) is 8.21. The Morgan fingerprint density at radius 3 is 2.96 bits per heavy atom. The highest BCUT2D eigenvalue weighted by molar-refractivity contribution is 7.07. The Labute approximate surface area is 163 Å². The molecule has 8 heteroatoms. The molecule has 0 N–H and O–H groups in total. The Balaban J connectivity index is 1.40. The summed E-state index contributed by atoms with van der Waals surface area (Å²) >= 11 is 1.59. The number of hydrogen-bond acceptors (Lipinski definition) is 5. The number of hydrogen-bond donors (Lipinski definition) is 0. The van der Waals surface area contributed by atoms with Gasteiger partial charge in [0, 0.05) is 49.7 Å². The van der Waals surface area contributed by atoms with Crippen molar-refractivity contribution in [2.75, 3.05) is 26.2 Å². The SMILES string of the molecule is O=C1CCCCN1CC(=O)N1CCCC(c2nccn2Cc2cscn2)C1. The predicted molar refractivity (Wildman–Crippen MR) is 102 cm³/mol. The number of thiazole rings is 1. The van der Waals surface area contributed by atoms with Crippen molar-refractivity contribution in [3.05, 3.63) is 34.8 Å². The number of carbonyl (C=O) groups is 2. The summed E-state index contributed by atoms with van der Waals surface area (Å²) in [5, 5.41) is 2.05. The molecule has 4 heterocycles. The molecule has 0 bridgehead atoms. The average Bonchev–Trinajstić information content (AvgIpc) is 3.36. The monoisotopic (exact) mass is 387 g/mol. The highest BCUT2D eigenvalue weighted by atomic mass is 32.1. The Morgan fingerprint density at radius 2 is 2.15 bits per heavy atom. The summed E-state index contributed by atoms with van der Waals surface area (Å²) in [6.07, 6.45) is 8.32. The number of aromatic nitrogens is 3. The molecule has 2 aliphatic rings. The summed E-state index contributed by atoms with van der Waals surface area (Å²) in [6.45, 7) is 3.09. The average molecular weight is 388 g/mol. The first-order chi connectivity index (χ1) is 13.2. The molecule has 4 rings (SSSR count). The normalized spacial score (nSPS) is 20.9. The van der Waals surface area contributed by atoms with E-state index in [-0.39, 0.29) is 24.3 Å². The van der Waals surface area contributed by atoms with Gasteiger partial charge in [-0.05, 0) is 25.7 Å². The van der Waals surface area contributed by atoms with E-state index in [4.69, 9.17) is 0 Å². The van der Waals surface area contributed by atoms with E-state index in [0.29, 0.717) is 26.1 Å². The van der Waals surface area contributed by atoms with Gasteiger partial charge in [-0.2, -0.15) is 0 Å². The molecule has 1 unspecified atom stereocenters. The van der Waals surface area contributed by atoms with Crippen LogP contribution in [0.1, 0.15) is 49.5 Å². The van der Waals surface area contributed by atoms with Gasteiger partial charge in [-0.1, -0.05) is 0 Å². The highest BCUT2D eigenvalue weighted by Crippen LogP contribution is 2.26. The molecule has 7 nitrogen and oxygen atoms in total. The van der Waals surface area contributed by atoms with E-state index in [9.17, 15) is 9.59 Å². The van der Waals surface area contributed by atoms with Gasteiger partial charge in [0.25, 0.3) is 0 Å². The van der Waals surface area contributed by atoms with Crippen LogP contribution >= 0.6 is 11.3 Å². The minimum Gasteiger partial charge on any atom is -0.340 e. The molecule has 144 valence electrons. The fraction of sp³-hybridized carbons (Fsp3) is 0.579. The Hall–Kier alpha value is -2.22. The first-order valence-electron chi connectivity index (χ1n) is 9.64. The van der Waals surface area contributed by atoms with Crippen LogP contribution in [0.4, 0.5) is 0 Å². The Morgan fingerprint density at radius 1 is 1.22 bits per heavy atom. The van der Waals surface area contributed by atoms with Crippen LogP contribution in [0.25, 0.3) is 0 Å². The first kappa shape index (κ1) is 18.2. The third-order valence-corrected chi connectivity index (χ3v) is 6.09. The summed E-state index contributed by atoms with van der Waals surface area (Å²) in [4.78, 5) is 37.3. The quantitative estimate of drug-likeness (QED) is 0.788. The Kier molecular flexibility index (Phi) is 5.52. The fourth-order valence-corrected chi connectivity index (χ4v) is 4.56. The molecule has 2 aromatic rings. The molecule has 0 aromatic carbocycles. The molecular weight excluding hydrogens is 362 g/mol. The van der Waals surface area contributed by atoms with Gasteiger partial charge >= 0.3 is 0 Å². The van der Waals surface area contributed by atoms with E-state index in [1.807, 2.05) is 22.8 Å². The van der Waals surface area contributed by atoms with Gasteiger partial charge in [-0.15, -0.1) is 11.3 Å². The molecule has 0 spiro atoms. The summed E-state index contributed by atoms with van der Waals surface area (Å²) in [7, 11) is 0. The summed E-state index contributed by atoms with van der Waals surface area (Å²) in [5.74, 6) is 1.43. The van der Waals surface area contributed by atoms with E-state index in [2.05, 4.69) is 19.9 Å². The van der Waals surface area contributed by atoms with E-state index in [1.54, 1.807) is 16.2 Å². The van der Waals surface area contributed by atoms with Gasteiger partial charge in [0.15, 0.2) is 0 Å². The van der Waals surface area contributed by atoms with Crippen LogP contribution < -0.4 is 0 Å². The molecule has 2 fully saturated rings. The maximum Gasteiger partial charge on any atom is 0.242 e. The number of carbonyl (C=O) groups excluding carboxylic acids is 2. The molecule has 2 saturated heterocycles. The van der Waals surface area contributed by atoms with Crippen LogP contribution in [-0.2, 0) is 16.1 Å². The fourth-order valence-electron chi connectivity index (χ4n) is 4.01. The van der Waals surface area contributed by atoms with Gasteiger partial charge in [-0.25, -0.2) is 9.97 Å². The van der Waals surface area contributed by atoms with E-state index in [0.717, 1.165) is 43.7 Å². The standard InChI is InChI=1S/C19H25N5O2S/c25-17-5-1-2-7-23(17)12-18(26)22-8-3-4-15(10-22)19-20-6-9-24(19)11-16-13-27-14-21-16/h6,9,13-15H,1-5,7-8,10-12H2. The van der Waals surface area contributed by atoms with Crippen LogP contribution in [0.5, 0.6) is 0 Å². The number of piperidine rings is 2. The van der Waals surface area contributed by atoms with E-state index < -0.39 is 0 Å². The van der Waals surface area contributed by atoms with Crippen molar-refractivity contribution in [2.24, 2.45) is 0 Å². The molecule has 2 amide bonds. The third-order valence-electron chi connectivity index (χ3n) is 5.45. The molecule has 2 aromatic heterocycles. The van der Waals surface area contributed by atoms with Crippen LogP contribution in [-0.4, -0.2) is 62.3 Å². The second-order valence-corrected chi connectivity index (χ2v) is 8.06. The molecular formula is C19H25N5O2S. The third kappa shape index (κ3) is 4.21. The summed E-state index contributed by atoms with van der Waals surface area (Å²) < 4.78 is 2.14.